The van der Waals surface area contributed by atoms with Gasteiger partial charge in [0.15, 0.2) is 0 Å². The molecule has 0 amide bonds. The Morgan fingerprint density at radius 2 is 1.81 bits per heavy atom. The zero-order valence-electron chi connectivity index (χ0n) is 22.4. The fourth-order valence-corrected chi connectivity index (χ4v) is 6.14. The Balaban J connectivity index is 1.55. The lowest BCUT2D eigenvalue weighted by Gasteiger charge is -2.48. The largest absolute Gasteiger partial charge is 0.487 e. The molecule has 5 rings (SSSR count). The summed E-state index contributed by atoms with van der Waals surface area (Å²) in [4.78, 5) is 0. The van der Waals surface area contributed by atoms with E-state index < -0.39 is 0 Å². The molecule has 0 aromatic heterocycles. The first-order chi connectivity index (χ1) is 17.3. The number of hydrogen-bond acceptors (Lipinski definition) is 2. The second-order valence-electron chi connectivity index (χ2n) is 11.4. The van der Waals surface area contributed by atoms with Gasteiger partial charge in [0, 0.05) is 17.4 Å². The van der Waals surface area contributed by atoms with Gasteiger partial charge >= 0.3 is 0 Å². The predicted molar refractivity (Wildman–Crippen MR) is 150 cm³/mol. The number of aryl methyl sites for hydroxylation is 2. The molecule has 1 aliphatic heterocycles. The van der Waals surface area contributed by atoms with Crippen molar-refractivity contribution in [2.45, 2.75) is 84.2 Å². The molecule has 0 N–H and O–H groups in total. The standard InChI is InChI=1S/C34H40O2/c1-6-7-8-10-25-20-31(35-28-12-9-11-27(22-28)26-16-13-23(2)14-17-26)33-29-19-24(3)15-18-30(29)34(4,5)36-32(33)21-25/h9,11-14,16-17,20-22,29-30H,3,6-8,10,15,18-19H2,1-2,4-5H3/t29-,30-/m1/s1. The minimum atomic E-state index is -0.191. The Morgan fingerprint density at radius 1 is 1.00 bits per heavy atom. The number of ether oxygens (including phenoxy) is 2. The molecule has 36 heavy (non-hydrogen) atoms. The topological polar surface area (TPSA) is 18.5 Å². The van der Waals surface area contributed by atoms with Gasteiger partial charge in [-0.15, -0.1) is 0 Å². The summed E-state index contributed by atoms with van der Waals surface area (Å²) in [5, 5.41) is 0. The second-order valence-corrected chi connectivity index (χ2v) is 11.4. The maximum Gasteiger partial charge on any atom is 0.134 e. The average Bonchev–Trinajstić information content (AvgIpc) is 2.84. The van der Waals surface area contributed by atoms with Crippen LogP contribution in [0.2, 0.25) is 0 Å². The van der Waals surface area contributed by atoms with Crippen LogP contribution in [-0.2, 0) is 6.42 Å². The van der Waals surface area contributed by atoms with Gasteiger partial charge in [0.1, 0.15) is 22.8 Å². The van der Waals surface area contributed by atoms with Crippen LogP contribution in [0.1, 0.15) is 81.9 Å². The number of rotatable bonds is 7. The monoisotopic (exact) mass is 480 g/mol. The third-order valence-electron chi connectivity index (χ3n) is 8.12. The molecule has 1 aliphatic carbocycles. The van der Waals surface area contributed by atoms with Gasteiger partial charge in [-0.1, -0.05) is 73.9 Å². The Hall–Kier alpha value is -3.00. The molecule has 1 saturated carbocycles. The molecule has 1 heterocycles. The van der Waals surface area contributed by atoms with E-state index in [0.717, 1.165) is 42.9 Å². The summed E-state index contributed by atoms with van der Waals surface area (Å²) >= 11 is 0. The van der Waals surface area contributed by atoms with E-state index in [9.17, 15) is 0 Å². The summed E-state index contributed by atoms with van der Waals surface area (Å²) in [6.07, 6.45) is 7.91. The first-order valence-electron chi connectivity index (χ1n) is 13.7. The molecule has 0 spiro atoms. The Kier molecular flexibility index (Phi) is 6.97. The minimum Gasteiger partial charge on any atom is -0.487 e. The van der Waals surface area contributed by atoms with Gasteiger partial charge in [-0.3, -0.25) is 0 Å². The summed E-state index contributed by atoms with van der Waals surface area (Å²) < 4.78 is 13.5. The molecule has 2 nitrogen and oxygen atoms in total. The predicted octanol–water partition coefficient (Wildman–Crippen LogP) is 9.80. The first-order valence-corrected chi connectivity index (χ1v) is 13.7. The van der Waals surface area contributed by atoms with E-state index in [1.807, 2.05) is 0 Å². The third kappa shape index (κ3) is 5.09. The summed E-state index contributed by atoms with van der Waals surface area (Å²) in [5.74, 6) is 3.68. The van der Waals surface area contributed by atoms with Crippen molar-refractivity contribution in [3.05, 3.63) is 89.5 Å². The van der Waals surface area contributed by atoms with E-state index in [0.29, 0.717) is 11.8 Å². The molecule has 2 aliphatic rings. The molecule has 0 radical (unpaired) electrons. The molecule has 3 aromatic rings. The number of benzene rings is 3. The van der Waals surface area contributed by atoms with Crippen molar-refractivity contribution in [1.82, 2.24) is 0 Å². The van der Waals surface area contributed by atoms with Crippen LogP contribution in [-0.4, -0.2) is 5.60 Å². The van der Waals surface area contributed by atoms with Crippen LogP contribution in [0.3, 0.4) is 0 Å². The Morgan fingerprint density at radius 3 is 2.58 bits per heavy atom. The van der Waals surface area contributed by atoms with Crippen molar-refractivity contribution in [1.29, 1.82) is 0 Å². The van der Waals surface area contributed by atoms with Gasteiger partial charge in [-0.2, -0.15) is 0 Å². The molecular weight excluding hydrogens is 440 g/mol. The quantitative estimate of drug-likeness (QED) is 0.247. The van der Waals surface area contributed by atoms with Crippen molar-refractivity contribution < 1.29 is 9.47 Å². The lowest BCUT2D eigenvalue weighted by molar-refractivity contribution is -0.000707. The summed E-state index contributed by atoms with van der Waals surface area (Å²) in [6, 6.07) is 21.7. The van der Waals surface area contributed by atoms with E-state index in [2.05, 4.69) is 94.9 Å². The average molecular weight is 481 g/mol. The SMILES string of the molecule is C=C1CC[C@@H]2[C@@H](C1)c1c(Oc3cccc(-c4ccc(C)cc4)c3)cc(CCCCC)cc1OC2(C)C. The van der Waals surface area contributed by atoms with Gasteiger partial charge in [-0.05, 0) is 93.8 Å². The number of hydrogen-bond donors (Lipinski definition) is 0. The number of unbranched alkanes of at least 4 members (excludes halogenated alkanes) is 2. The van der Waals surface area contributed by atoms with Crippen molar-refractivity contribution in [2.75, 3.05) is 0 Å². The maximum atomic E-state index is 6.75. The zero-order chi connectivity index (χ0) is 25.3. The summed E-state index contributed by atoms with van der Waals surface area (Å²) in [5.41, 5.74) is 7.33. The van der Waals surface area contributed by atoms with Crippen LogP contribution in [0.15, 0.2) is 72.8 Å². The van der Waals surface area contributed by atoms with E-state index in [-0.39, 0.29) is 5.60 Å². The van der Waals surface area contributed by atoms with Crippen molar-refractivity contribution in [3.63, 3.8) is 0 Å². The maximum absolute atomic E-state index is 6.75. The van der Waals surface area contributed by atoms with Crippen molar-refractivity contribution in [3.8, 4) is 28.4 Å². The number of allylic oxidation sites excluding steroid dienone is 1. The van der Waals surface area contributed by atoms with Crippen LogP contribution in [0.25, 0.3) is 11.1 Å². The van der Waals surface area contributed by atoms with Crippen LogP contribution in [0, 0.1) is 12.8 Å². The highest BCUT2D eigenvalue weighted by atomic mass is 16.5. The van der Waals surface area contributed by atoms with Gasteiger partial charge in [0.05, 0.1) is 0 Å². The van der Waals surface area contributed by atoms with Gasteiger partial charge in [0.25, 0.3) is 0 Å². The molecule has 0 bridgehead atoms. The fourth-order valence-electron chi connectivity index (χ4n) is 6.14. The van der Waals surface area contributed by atoms with E-state index in [1.54, 1.807) is 0 Å². The van der Waals surface area contributed by atoms with E-state index in [1.165, 1.54) is 52.7 Å². The van der Waals surface area contributed by atoms with Gasteiger partial charge < -0.3 is 9.47 Å². The molecule has 1 fully saturated rings. The molecule has 2 heteroatoms. The lowest BCUT2D eigenvalue weighted by Crippen LogP contribution is -2.46. The highest BCUT2D eigenvalue weighted by Crippen LogP contribution is 2.56. The molecule has 3 aromatic carbocycles. The molecule has 0 unspecified atom stereocenters. The van der Waals surface area contributed by atoms with Crippen LogP contribution >= 0.6 is 0 Å². The van der Waals surface area contributed by atoms with Crippen molar-refractivity contribution in [2.24, 2.45) is 5.92 Å². The van der Waals surface area contributed by atoms with Crippen molar-refractivity contribution >= 4 is 0 Å². The lowest BCUT2D eigenvalue weighted by atomic mass is 9.65. The normalized spacial score (nSPS) is 20.3. The van der Waals surface area contributed by atoms with Gasteiger partial charge in [0.2, 0.25) is 0 Å². The Labute approximate surface area is 217 Å². The molecule has 0 saturated heterocycles. The Bertz CT molecular complexity index is 1230. The van der Waals surface area contributed by atoms with E-state index >= 15 is 0 Å². The second kappa shape index (κ2) is 10.2. The van der Waals surface area contributed by atoms with Crippen LogP contribution in [0.5, 0.6) is 17.2 Å². The third-order valence-corrected chi connectivity index (χ3v) is 8.12. The zero-order valence-corrected chi connectivity index (χ0v) is 22.4. The first kappa shape index (κ1) is 24.7. The van der Waals surface area contributed by atoms with E-state index in [4.69, 9.17) is 9.47 Å². The smallest absolute Gasteiger partial charge is 0.134 e. The van der Waals surface area contributed by atoms with Crippen LogP contribution in [0.4, 0.5) is 0 Å². The molecule has 2 atom stereocenters. The molecular formula is C34H40O2. The van der Waals surface area contributed by atoms with Gasteiger partial charge in [-0.25, -0.2) is 0 Å². The highest BCUT2D eigenvalue weighted by molar-refractivity contribution is 5.66. The molecule has 188 valence electrons. The van der Waals surface area contributed by atoms with Crippen LogP contribution < -0.4 is 9.47 Å². The highest BCUT2D eigenvalue weighted by Gasteiger charge is 2.46. The minimum absolute atomic E-state index is 0.191. The summed E-state index contributed by atoms with van der Waals surface area (Å²) in [7, 11) is 0. The summed E-state index contributed by atoms with van der Waals surface area (Å²) in [6.45, 7) is 13.3. The number of fused-ring (bicyclic) bond motifs is 3. The fraction of sp³-hybridized carbons (Fsp3) is 0.412.